The predicted molar refractivity (Wildman–Crippen MR) is 45.7 cm³/mol. The van der Waals surface area contributed by atoms with Gasteiger partial charge in [0.2, 0.25) is 0 Å². The van der Waals surface area contributed by atoms with Gasteiger partial charge in [-0.2, -0.15) is 26.3 Å². The molecule has 1 aliphatic heterocycles. The fourth-order valence-corrected chi connectivity index (χ4v) is 2.02. The third-order valence-electron chi connectivity index (χ3n) is 3.42. The Kier molecular flexibility index (Phi) is 3.19. The summed E-state index contributed by atoms with van der Waals surface area (Å²) in [5.74, 6) is 0. The molecule has 0 saturated carbocycles. The second-order valence-corrected chi connectivity index (χ2v) is 4.68. The van der Waals surface area contributed by atoms with Gasteiger partial charge in [-0.1, -0.05) is 0 Å². The van der Waals surface area contributed by atoms with Gasteiger partial charge >= 0.3 is 12.4 Å². The summed E-state index contributed by atoms with van der Waals surface area (Å²) >= 11 is 0. The topological polar surface area (TPSA) is 3.24 Å². The summed E-state index contributed by atoms with van der Waals surface area (Å²) in [6.07, 6.45) is -11.8. The molecule has 0 aromatic heterocycles. The van der Waals surface area contributed by atoms with Crippen LogP contribution in [-0.2, 0) is 0 Å². The first kappa shape index (κ1) is 14.5. The molecule has 0 bridgehead atoms. The van der Waals surface area contributed by atoms with Gasteiger partial charge < -0.3 is 0 Å². The molecule has 0 aliphatic carbocycles. The van der Waals surface area contributed by atoms with E-state index < -0.39 is 41.4 Å². The van der Waals surface area contributed by atoms with Crippen LogP contribution in [-0.4, -0.2) is 28.6 Å². The molecule has 0 aromatic carbocycles. The monoisotopic (exact) mass is 267 g/mol. The van der Waals surface area contributed by atoms with E-state index in [0.717, 1.165) is 0 Å². The molecule has 0 amide bonds. The molecule has 1 heterocycles. The lowest BCUT2D eigenvalue weighted by molar-refractivity contribution is -0.357. The maximum atomic E-state index is 13.7. The Bertz CT molecular complexity index is 269. The van der Waals surface area contributed by atoms with E-state index >= 15 is 0 Å². The molecule has 1 saturated heterocycles. The zero-order valence-electron chi connectivity index (χ0n) is 9.21. The Labute approximate surface area is 93.5 Å². The number of halogens is 7. The van der Waals surface area contributed by atoms with Crippen molar-refractivity contribution in [3.05, 3.63) is 0 Å². The van der Waals surface area contributed by atoms with Gasteiger partial charge in [0.15, 0.2) is 0 Å². The van der Waals surface area contributed by atoms with Crippen LogP contribution in [0, 0.1) is 0 Å². The SMILES string of the molecule is C[C@]1(C(F)(F)F)CCC[C@@](C)(C(F)(F)F)N1F. The average molecular weight is 267 g/mol. The van der Waals surface area contributed by atoms with Crippen LogP contribution in [0.15, 0.2) is 0 Å². The third-order valence-corrected chi connectivity index (χ3v) is 3.42. The number of hydrogen-bond donors (Lipinski definition) is 0. The van der Waals surface area contributed by atoms with E-state index in [1.54, 1.807) is 0 Å². The van der Waals surface area contributed by atoms with Crippen LogP contribution in [0.5, 0.6) is 0 Å². The van der Waals surface area contributed by atoms with E-state index in [2.05, 4.69) is 0 Å². The minimum Gasteiger partial charge on any atom is -0.169 e. The lowest BCUT2D eigenvalue weighted by Crippen LogP contribution is -2.68. The Morgan fingerprint density at radius 1 is 0.824 bits per heavy atom. The highest BCUT2D eigenvalue weighted by Crippen LogP contribution is 2.52. The largest absolute Gasteiger partial charge is 0.409 e. The number of nitrogens with zero attached hydrogens (tertiary/aromatic N) is 1. The minimum absolute atomic E-state index is 0.327. The molecule has 2 atom stereocenters. The number of rotatable bonds is 0. The van der Waals surface area contributed by atoms with E-state index in [1.807, 2.05) is 0 Å². The van der Waals surface area contributed by atoms with Crippen molar-refractivity contribution in [3.63, 3.8) is 0 Å². The van der Waals surface area contributed by atoms with Crippen molar-refractivity contribution >= 4 is 0 Å². The number of hydrogen-bond acceptors (Lipinski definition) is 1. The molecule has 1 nitrogen and oxygen atoms in total. The summed E-state index contributed by atoms with van der Waals surface area (Å²) in [5.41, 5.74) is -6.18. The summed E-state index contributed by atoms with van der Waals surface area (Å²) in [6.45, 7) is 0.909. The quantitative estimate of drug-likeness (QED) is 0.473. The zero-order chi connectivity index (χ0) is 13.7. The Balaban J connectivity index is 3.18. The first-order valence-electron chi connectivity index (χ1n) is 4.96. The third kappa shape index (κ3) is 2.00. The molecule has 1 fully saturated rings. The summed E-state index contributed by atoms with van der Waals surface area (Å²) in [6, 6.07) is 0. The average Bonchev–Trinajstić information content (AvgIpc) is 2.10. The minimum atomic E-state index is -5.05. The van der Waals surface area contributed by atoms with Crippen LogP contribution >= 0.6 is 0 Å². The molecule has 0 spiro atoms. The highest BCUT2D eigenvalue weighted by molar-refractivity contribution is 5.04. The standard InChI is InChI=1S/C9H12F7N/c1-6(8(10,11)12)4-3-5-7(2,17(6)16)9(13,14)15/h3-5H2,1-2H3/t6-,7+. The van der Waals surface area contributed by atoms with Gasteiger partial charge in [-0.3, -0.25) is 0 Å². The molecule has 1 rings (SSSR count). The summed E-state index contributed by atoms with van der Waals surface area (Å²) in [5, 5.41) is -1.07. The van der Waals surface area contributed by atoms with E-state index in [9.17, 15) is 30.8 Å². The lowest BCUT2D eigenvalue weighted by atomic mass is 9.79. The van der Waals surface area contributed by atoms with Crippen LogP contribution in [0.2, 0.25) is 0 Å². The van der Waals surface area contributed by atoms with Crippen molar-refractivity contribution in [2.75, 3.05) is 0 Å². The molecular weight excluding hydrogens is 255 g/mol. The summed E-state index contributed by atoms with van der Waals surface area (Å²) < 4.78 is 89.6. The molecule has 1 aliphatic rings. The van der Waals surface area contributed by atoms with Crippen LogP contribution in [0.3, 0.4) is 0 Å². The van der Waals surface area contributed by atoms with Gasteiger partial charge in [0.25, 0.3) is 0 Å². The van der Waals surface area contributed by atoms with Gasteiger partial charge in [0.05, 0.1) is 0 Å². The molecule has 0 N–H and O–H groups in total. The van der Waals surface area contributed by atoms with E-state index in [4.69, 9.17) is 0 Å². The van der Waals surface area contributed by atoms with Crippen molar-refractivity contribution in [3.8, 4) is 0 Å². The van der Waals surface area contributed by atoms with Gasteiger partial charge in [-0.05, 0) is 33.1 Å². The number of alkyl halides is 6. The fraction of sp³-hybridized carbons (Fsp3) is 1.00. The van der Waals surface area contributed by atoms with Crippen molar-refractivity contribution < 1.29 is 30.8 Å². The zero-order valence-corrected chi connectivity index (χ0v) is 9.21. The molecule has 8 heteroatoms. The van der Waals surface area contributed by atoms with Crippen LogP contribution < -0.4 is 0 Å². The Morgan fingerprint density at radius 2 is 1.12 bits per heavy atom. The summed E-state index contributed by atoms with van der Waals surface area (Å²) in [7, 11) is 0. The molecule has 0 radical (unpaired) electrons. The van der Waals surface area contributed by atoms with Crippen LogP contribution in [0.4, 0.5) is 30.8 Å². The van der Waals surface area contributed by atoms with E-state index in [1.165, 1.54) is 0 Å². The van der Waals surface area contributed by atoms with Crippen molar-refractivity contribution in [2.24, 2.45) is 0 Å². The van der Waals surface area contributed by atoms with E-state index in [0.29, 0.717) is 13.8 Å². The highest BCUT2D eigenvalue weighted by atomic mass is 19.4. The van der Waals surface area contributed by atoms with Crippen molar-refractivity contribution in [1.29, 1.82) is 0 Å². The maximum Gasteiger partial charge on any atom is 0.409 e. The van der Waals surface area contributed by atoms with Crippen LogP contribution in [0.1, 0.15) is 33.1 Å². The molecule has 0 unspecified atom stereocenters. The van der Waals surface area contributed by atoms with Crippen LogP contribution in [0.25, 0.3) is 0 Å². The smallest absolute Gasteiger partial charge is 0.169 e. The van der Waals surface area contributed by atoms with Gasteiger partial charge in [0, 0.05) is 0 Å². The highest BCUT2D eigenvalue weighted by Gasteiger charge is 2.68. The van der Waals surface area contributed by atoms with E-state index in [-0.39, 0.29) is 6.42 Å². The second-order valence-electron chi connectivity index (χ2n) is 4.68. The Hall–Kier alpha value is -0.530. The molecule has 102 valence electrons. The van der Waals surface area contributed by atoms with Crippen molar-refractivity contribution in [2.45, 2.75) is 56.5 Å². The lowest BCUT2D eigenvalue weighted by Gasteiger charge is -2.50. The second kappa shape index (κ2) is 3.73. The number of piperidine rings is 1. The summed E-state index contributed by atoms with van der Waals surface area (Å²) in [4.78, 5) is 0. The fourth-order valence-electron chi connectivity index (χ4n) is 2.02. The maximum absolute atomic E-state index is 13.7. The Morgan fingerprint density at radius 3 is 1.35 bits per heavy atom. The van der Waals surface area contributed by atoms with Crippen molar-refractivity contribution in [1.82, 2.24) is 5.12 Å². The molecular formula is C9H12F7N. The first-order valence-corrected chi connectivity index (χ1v) is 4.96. The van der Waals surface area contributed by atoms with Gasteiger partial charge in [-0.15, -0.1) is 9.60 Å². The van der Waals surface area contributed by atoms with Gasteiger partial charge in [0.1, 0.15) is 11.1 Å². The molecule has 0 aromatic rings. The predicted octanol–water partition coefficient (Wildman–Crippen LogP) is 4.00. The first-order chi connectivity index (χ1) is 7.36. The molecule has 17 heavy (non-hydrogen) atoms. The normalized spacial score (nSPS) is 37.2. The van der Waals surface area contributed by atoms with Gasteiger partial charge in [-0.25, -0.2) is 0 Å².